The van der Waals surface area contributed by atoms with Gasteiger partial charge in [-0.1, -0.05) is 36.4 Å². The number of para-hydroxylation sites is 4. The van der Waals surface area contributed by atoms with Gasteiger partial charge in [-0.2, -0.15) is 0 Å². The van der Waals surface area contributed by atoms with Crippen LogP contribution in [0.5, 0.6) is 23.0 Å². The summed E-state index contributed by atoms with van der Waals surface area (Å²) in [5, 5.41) is 41.4. The fourth-order valence-corrected chi connectivity index (χ4v) is 4.50. The van der Waals surface area contributed by atoms with Crippen LogP contribution >= 0.6 is 0 Å². The molecule has 4 heterocycles. The first-order chi connectivity index (χ1) is 21.5. The molecular formula is C36H31N4O4Zr+3. The number of hydrogen-bond acceptors (Lipinski definition) is 5. The zero-order valence-corrected chi connectivity index (χ0v) is 26.6. The van der Waals surface area contributed by atoms with Gasteiger partial charge in [0.25, 0.3) is 16.6 Å². The molecule has 0 saturated carbocycles. The molecule has 4 aromatic heterocycles. The first kappa shape index (κ1) is 32.5. The quantitative estimate of drug-likeness (QED) is 0.156. The van der Waals surface area contributed by atoms with E-state index in [0.29, 0.717) is 22.8 Å². The Bertz CT molecular complexity index is 1830. The van der Waals surface area contributed by atoms with Crippen molar-refractivity contribution in [3.05, 3.63) is 146 Å². The van der Waals surface area contributed by atoms with Crippen LogP contribution in [0.1, 0.15) is 0 Å². The van der Waals surface area contributed by atoms with Crippen molar-refractivity contribution in [3.8, 4) is 23.0 Å². The van der Waals surface area contributed by atoms with E-state index in [1.54, 1.807) is 55.1 Å². The predicted molar refractivity (Wildman–Crippen MR) is 170 cm³/mol. The van der Waals surface area contributed by atoms with E-state index in [2.05, 4.69) is 19.9 Å². The van der Waals surface area contributed by atoms with Crippen molar-refractivity contribution in [1.82, 2.24) is 4.98 Å². The van der Waals surface area contributed by atoms with Gasteiger partial charge in [-0.3, -0.25) is 4.98 Å². The molecule has 0 aliphatic rings. The van der Waals surface area contributed by atoms with Gasteiger partial charge in [0.05, 0.1) is 16.2 Å². The molecule has 0 unspecified atom stereocenters. The number of fused-ring (bicyclic) bond motifs is 4. The fraction of sp³-hybridized carbons (Fsp3) is 0. The van der Waals surface area contributed by atoms with E-state index < -0.39 is 0 Å². The third kappa shape index (κ3) is 8.37. The molecule has 0 spiro atoms. The fourth-order valence-electron chi connectivity index (χ4n) is 4.50. The van der Waals surface area contributed by atoms with Gasteiger partial charge in [-0.05, 0) is 66.7 Å². The molecule has 0 atom stereocenters. The standard InChI is InChI=1S/4C9H7NO.Zr/c4*11-8-5-1-3-7-4-2-6-10-9(7)8;/h4*1-6,11H;/p+3/i;;;;1-2. The Hall–Kier alpha value is -5.40. The van der Waals surface area contributed by atoms with Crippen LogP contribution in [-0.2, 0) is 26.2 Å². The smallest absolute Gasteiger partial charge is 0.252 e. The number of nitrogens with one attached hydrogen (secondary N) is 3. The number of hydrogen-bond donors (Lipinski definition) is 4. The van der Waals surface area contributed by atoms with Crippen LogP contribution in [0.4, 0.5) is 0 Å². The topological polar surface area (TPSA) is 136 Å². The molecule has 7 N–H and O–H groups in total. The van der Waals surface area contributed by atoms with Crippen molar-refractivity contribution < 1.29 is 61.6 Å². The first-order valence-corrected chi connectivity index (χ1v) is 13.8. The average Bonchev–Trinajstić information content (AvgIpc) is 3.07. The van der Waals surface area contributed by atoms with Crippen LogP contribution in [0, 0.1) is 0 Å². The first-order valence-electron chi connectivity index (χ1n) is 13.8. The van der Waals surface area contributed by atoms with Gasteiger partial charge < -0.3 is 20.4 Å². The van der Waals surface area contributed by atoms with E-state index in [4.69, 9.17) is 0 Å². The van der Waals surface area contributed by atoms with Crippen LogP contribution in [0.3, 0.4) is 0 Å². The molecule has 8 nitrogen and oxygen atoms in total. The Labute approximate surface area is 278 Å². The molecule has 4 aromatic carbocycles. The average molecular weight is 673 g/mol. The van der Waals surface area contributed by atoms with E-state index in [-0.39, 0.29) is 32.0 Å². The van der Waals surface area contributed by atoms with Crippen LogP contribution in [0.15, 0.2) is 146 Å². The number of H-pyrrole nitrogens is 3. The molecule has 0 aliphatic heterocycles. The maximum absolute atomic E-state index is 9.34. The third-order valence-corrected chi connectivity index (χ3v) is 6.63. The second-order valence-corrected chi connectivity index (χ2v) is 9.59. The zero-order chi connectivity index (χ0) is 30.7. The molecule has 220 valence electrons. The van der Waals surface area contributed by atoms with Crippen LogP contribution in [0.2, 0.25) is 0 Å². The van der Waals surface area contributed by atoms with Crippen molar-refractivity contribution in [1.29, 1.82) is 0 Å². The predicted octanol–water partition coefficient (Wildman–Crippen LogP) is 6.02. The molecule has 0 aliphatic carbocycles. The molecule has 0 amide bonds. The number of aromatic hydroxyl groups is 4. The maximum Gasteiger partial charge on any atom is 0.252 e. The number of benzene rings is 4. The van der Waals surface area contributed by atoms with Gasteiger partial charge in [0.15, 0.2) is 35.8 Å². The summed E-state index contributed by atoms with van der Waals surface area (Å²) in [5.74, 6) is 1.12. The van der Waals surface area contributed by atoms with Gasteiger partial charge in [-0.15, -0.1) is 0 Å². The minimum absolute atomic E-state index is 0. The van der Waals surface area contributed by atoms with Crippen molar-refractivity contribution in [2.24, 2.45) is 0 Å². The Morgan fingerprint density at radius 1 is 0.378 bits per heavy atom. The van der Waals surface area contributed by atoms with Gasteiger partial charge in [0, 0.05) is 56.0 Å². The Balaban J connectivity index is 0.000000136. The van der Waals surface area contributed by atoms with Crippen molar-refractivity contribution in [2.45, 2.75) is 0 Å². The monoisotopic (exact) mass is 672 g/mol. The van der Waals surface area contributed by atoms with E-state index >= 15 is 0 Å². The van der Waals surface area contributed by atoms with E-state index in [1.807, 2.05) is 91.0 Å². The summed E-state index contributed by atoms with van der Waals surface area (Å²) in [6, 6.07) is 37.0. The van der Waals surface area contributed by atoms with E-state index in [1.165, 1.54) is 0 Å². The summed E-state index contributed by atoms with van der Waals surface area (Å²) < 4.78 is 0. The van der Waals surface area contributed by atoms with Crippen molar-refractivity contribution in [3.63, 3.8) is 0 Å². The molecule has 8 rings (SSSR count). The van der Waals surface area contributed by atoms with Crippen LogP contribution in [0.25, 0.3) is 43.6 Å². The number of rotatable bonds is 0. The number of aromatic amines is 3. The van der Waals surface area contributed by atoms with Gasteiger partial charge >= 0.3 is 0 Å². The normalized spacial score (nSPS) is 9.96. The molecular weight excluding hydrogens is 641 g/mol. The van der Waals surface area contributed by atoms with E-state index in [9.17, 15) is 20.4 Å². The van der Waals surface area contributed by atoms with Crippen LogP contribution < -0.4 is 15.0 Å². The molecule has 0 radical (unpaired) electrons. The largest absolute Gasteiger partial charge is 0.506 e. The number of pyridine rings is 4. The van der Waals surface area contributed by atoms with Crippen LogP contribution in [-0.4, -0.2) is 25.4 Å². The van der Waals surface area contributed by atoms with Gasteiger partial charge in [0.2, 0.25) is 0 Å². The molecule has 0 saturated heterocycles. The van der Waals surface area contributed by atoms with Crippen molar-refractivity contribution >= 4 is 43.6 Å². The Morgan fingerprint density at radius 3 is 1.09 bits per heavy atom. The summed E-state index contributed by atoms with van der Waals surface area (Å²) in [6.45, 7) is 0. The second-order valence-electron chi connectivity index (χ2n) is 9.59. The molecule has 0 bridgehead atoms. The van der Waals surface area contributed by atoms with Crippen molar-refractivity contribution in [2.75, 3.05) is 0 Å². The number of phenolic OH excluding ortho intramolecular Hbond substituents is 4. The summed E-state index contributed by atoms with van der Waals surface area (Å²) in [6.07, 6.45) is 7.05. The molecule has 0 fully saturated rings. The summed E-state index contributed by atoms with van der Waals surface area (Å²) in [4.78, 5) is 12.9. The van der Waals surface area contributed by atoms with Gasteiger partial charge in [0.1, 0.15) is 11.3 Å². The minimum atomic E-state index is 0. The molecule has 9 heteroatoms. The summed E-state index contributed by atoms with van der Waals surface area (Å²) in [5.41, 5.74) is 3.02. The maximum atomic E-state index is 9.34. The Kier molecular flexibility index (Phi) is 11.5. The molecule has 8 aromatic rings. The number of phenols is 4. The second kappa shape index (κ2) is 15.9. The zero-order valence-electron chi connectivity index (χ0n) is 24.1. The van der Waals surface area contributed by atoms with E-state index in [0.717, 1.165) is 38.1 Å². The Morgan fingerprint density at radius 2 is 0.711 bits per heavy atom. The SMILES string of the molecule is Oc1cccc2ccc[nH+]c12.Oc1cccc2ccc[nH+]c12.Oc1cccc2ccc[nH+]c12.Oc1cccc2cccnc12.[89Zr]. The number of aromatic nitrogens is 4. The third-order valence-electron chi connectivity index (χ3n) is 6.63. The number of nitrogens with zero attached hydrogens (tertiary/aromatic N) is 1. The summed E-state index contributed by atoms with van der Waals surface area (Å²) >= 11 is 0. The van der Waals surface area contributed by atoms with Gasteiger partial charge in [-0.25, -0.2) is 15.0 Å². The molecule has 45 heavy (non-hydrogen) atoms. The summed E-state index contributed by atoms with van der Waals surface area (Å²) in [7, 11) is 0. The minimum Gasteiger partial charge on any atom is -0.506 e.